The van der Waals surface area contributed by atoms with E-state index in [1.54, 1.807) is 11.1 Å². The molecule has 3 rings (SSSR count). The Balaban J connectivity index is 1.55. The van der Waals surface area contributed by atoms with Gasteiger partial charge in [0.15, 0.2) is 0 Å². The molecule has 1 atom stereocenters. The number of hydrogen-bond donors (Lipinski definition) is 1. The van der Waals surface area contributed by atoms with Crippen molar-refractivity contribution < 1.29 is 14.3 Å². The first-order chi connectivity index (χ1) is 13.1. The maximum absolute atomic E-state index is 12.3. The van der Waals surface area contributed by atoms with E-state index in [2.05, 4.69) is 10.5 Å². The van der Waals surface area contributed by atoms with Gasteiger partial charge in [0.2, 0.25) is 11.8 Å². The van der Waals surface area contributed by atoms with Gasteiger partial charge in [0, 0.05) is 18.7 Å². The van der Waals surface area contributed by atoms with Crippen LogP contribution in [0.2, 0.25) is 0 Å². The summed E-state index contributed by atoms with van der Waals surface area (Å²) in [6.45, 7) is 4.91. The fourth-order valence-corrected chi connectivity index (χ4v) is 2.94. The number of hydrazone groups is 1. The summed E-state index contributed by atoms with van der Waals surface area (Å²) in [5.41, 5.74) is 5.33. The van der Waals surface area contributed by atoms with E-state index in [1.165, 1.54) is 0 Å². The predicted octanol–water partition coefficient (Wildman–Crippen LogP) is 2.90. The maximum atomic E-state index is 12.3. The quantitative estimate of drug-likeness (QED) is 0.632. The van der Waals surface area contributed by atoms with Gasteiger partial charge < -0.3 is 9.64 Å². The third-order valence-electron chi connectivity index (χ3n) is 4.42. The molecule has 140 valence electrons. The summed E-state index contributed by atoms with van der Waals surface area (Å²) in [6, 6.07) is 15.1. The summed E-state index contributed by atoms with van der Waals surface area (Å²) >= 11 is 0. The molecule has 1 heterocycles. The molecule has 0 bridgehead atoms. The summed E-state index contributed by atoms with van der Waals surface area (Å²) in [7, 11) is 0. The first kappa shape index (κ1) is 18.6. The van der Waals surface area contributed by atoms with Gasteiger partial charge in [-0.05, 0) is 55.8 Å². The van der Waals surface area contributed by atoms with E-state index in [0.717, 1.165) is 22.6 Å². The summed E-state index contributed by atoms with van der Waals surface area (Å²) < 4.78 is 5.38. The van der Waals surface area contributed by atoms with E-state index in [4.69, 9.17) is 4.74 Å². The van der Waals surface area contributed by atoms with Crippen molar-refractivity contribution in [3.05, 3.63) is 59.7 Å². The average molecular weight is 365 g/mol. The van der Waals surface area contributed by atoms with Crippen LogP contribution in [0.1, 0.15) is 24.5 Å². The molecule has 27 heavy (non-hydrogen) atoms. The Morgan fingerprint density at radius 2 is 1.93 bits per heavy atom. The number of rotatable bonds is 6. The van der Waals surface area contributed by atoms with Crippen molar-refractivity contribution in [2.45, 2.75) is 20.3 Å². The summed E-state index contributed by atoms with van der Waals surface area (Å²) in [5.74, 6) is 0.0882. The average Bonchev–Trinajstić information content (AvgIpc) is 3.06. The Kier molecular flexibility index (Phi) is 5.86. The second kappa shape index (κ2) is 8.49. The van der Waals surface area contributed by atoms with Crippen molar-refractivity contribution in [2.24, 2.45) is 11.0 Å². The van der Waals surface area contributed by atoms with Crippen LogP contribution in [0.5, 0.6) is 5.75 Å². The molecule has 2 aromatic carbocycles. The van der Waals surface area contributed by atoms with E-state index in [-0.39, 0.29) is 18.2 Å². The number of anilines is 1. The second-order valence-corrected chi connectivity index (χ2v) is 6.48. The number of nitrogens with one attached hydrogen (secondary N) is 1. The standard InChI is InChI=1S/C21H23N3O3/c1-3-27-19-10-6-16(7-11-19)13-22-23-21(26)17-12-20(25)24(14-17)18-8-4-15(2)5-9-18/h4-11,13,17H,3,12,14H2,1-2H3,(H,23,26)/t17-/m1/s1. The minimum atomic E-state index is -0.406. The molecule has 0 aliphatic carbocycles. The molecule has 1 saturated heterocycles. The lowest BCUT2D eigenvalue weighted by Gasteiger charge is -2.16. The van der Waals surface area contributed by atoms with Gasteiger partial charge in [-0.2, -0.15) is 5.10 Å². The third-order valence-corrected chi connectivity index (χ3v) is 4.42. The fraction of sp³-hybridized carbons (Fsp3) is 0.286. The highest BCUT2D eigenvalue weighted by Gasteiger charge is 2.35. The molecule has 2 aromatic rings. The van der Waals surface area contributed by atoms with Gasteiger partial charge in [0.05, 0.1) is 18.7 Å². The summed E-state index contributed by atoms with van der Waals surface area (Å²) in [5, 5.41) is 4.00. The molecule has 6 nitrogen and oxygen atoms in total. The molecule has 0 unspecified atom stereocenters. The first-order valence-corrected chi connectivity index (χ1v) is 8.99. The van der Waals surface area contributed by atoms with Crippen LogP contribution in [0, 0.1) is 12.8 Å². The van der Waals surface area contributed by atoms with E-state index in [0.29, 0.717) is 13.2 Å². The maximum Gasteiger partial charge on any atom is 0.245 e. The zero-order valence-electron chi connectivity index (χ0n) is 15.5. The molecule has 2 amide bonds. The highest BCUT2D eigenvalue weighted by atomic mass is 16.5. The lowest BCUT2D eigenvalue weighted by molar-refractivity contribution is -0.126. The van der Waals surface area contributed by atoms with Gasteiger partial charge in [-0.25, -0.2) is 5.43 Å². The van der Waals surface area contributed by atoms with Gasteiger partial charge in [-0.3, -0.25) is 9.59 Å². The number of nitrogens with zero attached hydrogens (tertiary/aromatic N) is 2. The lowest BCUT2D eigenvalue weighted by atomic mass is 10.1. The van der Waals surface area contributed by atoms with E-state index >= 15 is 0 Å². The molecule has 0 saturated carbocycles. The Morgan fingerprint density at radius 3 is 2.59 bits per heavy atom. The van der Waals surface area contributed by atoms with Crippen LogP contribution in [-0.4, -0.2) is 31.2 Å². The van der Waals surface area contributed by atoms with Crippen molar-refractivity contribution >= 4 is 23.7 Å². The highest BCUT2D eigenvalue weighted by Crippen LogP contribution is 2.25. The molecular formula is C21H23N3O3. The number of benzene rings is 2. The lowest BCUT2D eigenvalue weighted by Crippen LogP contribution is -2.30. The van der Waals surface area contributed by atoms with Crippen LogP contribution in [0.15, 0.2) is 53.6 Å². The molecule has 1 aliphatic rings. The van der Waals surface area contributed by atoms with Crippen molar-refractivity contribution in [2.75, 3.05) is 18.1 Å². The Morgan fingerprint density at radius 1 is 1.22 bits per heavy atom. The van der Waals surface area contributed by atoms with Crippen LogP contribution >= 0.6 is 0 Å². The molecule has 0 radical (unpaired) electrons. The Labute approximate surface area is 158 Å². The molecular weight excluding hydrogens is 342 g/mol. The SMILES string of the molecule is CCOc1ccc(C=NNC(=O)[C@@H]2CC(=O)N(c3ccc(C)cc3)C2)cc1. The number of carbonyl (C=O) groups is 2. The topological polar surface area (TPSA) is 71.0 Å². The zero-order chi connectivity index (χ0) is 19.2. The molecule has 1 fully saturated rings. The zero-order valence-corrected chi connectivity index (χ0v) is 15.5. The molecule has 0 spiro atoms. The van der Waals surface area contributed by atoms with Gasteiger partial charge in [-0.15, -0.1) is 0 Å². The number of carbonyl (C=O) groups excluding carboxylic acids is 2. The Bertz CT molecular complexity index is 829. The summed E-state index contributed by atoms with van der Waals surface area (Å²) in [6.07, 6.45) is 1.76. The molecule has 1 aliphatic heterocycles. The molecule has 6 heteroatoms. The monoisotopic (exact) mass is 365 g/mol. The van der Waals surface area contributed by atoms with Crippen LogP contribution < -0.4 is 15.1 Å². The number of aryl methyl sites for hydroxylation is 1. The smallest absolute Gasteiger partial charge is 0.245 e. The molecule has 0 aromatic heterocycles. The van der Waals surface area contributed by atoms with E-state index < -0.39 is 5.92 Å². The van der Waals surface area contributed by atoms with Crippen molar-refractivity contribution in [1.82, 2.24) is 5.43 Å². The van der Waals surface area contributed by atoms with Crippen molar-refractivity contribution in [3.63, 3.8) is 0 Å². The number of amides is 2. The largest absolute Gasteiger partial charge is 0.494 e. The van der Waals surface area contributed by atoms with Gasteiger partial charge in [-0.1, -0.05) is 17.7 Å². The third kappa shape index (κ3) is 4.73. The van der Waals surface area contributed by atoms with Crippen LogP contribution in [-0.2, 0) is 9.59 Å². The van der Waals surface area contributed by atoms with Crippen LogP contribution in [0.25, 0.3) is 0 Å². The molecule has 1 N–H and O–H groups in total. The number of hydrogen-bond acceptors (Lipinski definition) is 4. The van der Waals surface area contributed by atoms with Gasteiger partial charge >= 0.3 is 0 Å². The van der Waals surface area contributed by atoms with Crippen LogP contribution in [0.4, 0.5) is 5.69 Å². The fourth-order valence-electron chi connectivity index (χ4n) is 2.94. The van der Waals surface area contributed by atoms with E-state index in [9.17, 15) is 9.59 Å². The second-order valence-electron chi connectivity index (χ2n) is 6.48. The number of ether oxygens (including phenoxy) is 1. The van der Waals surface area contributed by atoms with Gasteiger partial charge in [0.25, 0.3) is 0 Å². The minimum Gasteiger partial charge on any atom is -0.494 e. The normalized spacial score (nSPS) is 16.7. The minimum absolute atomic E-state index is 0.0468. The van der Waals surface area contributed by atoms with Crippen molar-refractivity contribution in [1.29, 1.82) is 0 Å². The first-order valence-electron chi connectivity index (χ1n) is 8.99. The van der Waals surface area contributed by atoms with Crippen molar-refractivity contribution in [3.8, 4) is 5.75 Å². The summed E-state index contributed by atoms with van der Waals surface area (Å²) in [4.78, 5) is 26.2. The predicted molar refractivity (Wildman–Crippen MR) is 105 cm³/mol. The van der Waals surface area contributed by atoms with E-state index in [1.807, 2.05) is 62.4 Å². The highest BCUT2D eigenvalue weighted by molar-refractivity contribution is 6.00. The Hall–Kier alpha value is -3.15. The van der Waals surface area contributed by atoms with Crippen LogP contribution in [0.3, 0.4) is 0 Å². The van der Waals surface area contributed by atoms with Gasteiger partial charge in [0.1, 0.15) is 5.75 Å².